The highest BCUT2D eigenvalue weighted by Crippen LogP contribution is 2.20. The fraction of sp³-hybridized carbons (Fsp3) is 0.389. The van der Waals surface area contributed by atoms with Gasteiger partial charge in [0.2, 0.25) is 0 Å². The maximum Gasteiger partial charge on any atom is 0.306 e. The highest BCUT2D eigenvalue weighted by atomic mass is 16.4. The monoisotopic (exact) mass is 342 g/mol. The first-order chi connectivity index (χ1) is 11.9. The molecule has 0 aliphatic carbocycles. The van der Waals surface area contributed by atoms with E-state index in [4.69, 9.17) is 5.11 Å². The van der Waals surface area contributed by atoms with Crippen molar-refractivity contribution >= 4 is 23.3 Å². The van der Waals surface area contributed by atoms with Gasteiger partial charge in [-0.3, -0.25) is 9.59 Å². The van der Waals surface area contributed by atoms with Crippen LogP contribution < -0.4 is 10.2 Å². The lowest BCUT2D eigenvalue weighted by Crippen LogP contribution is -2.40. The molecule has 25 heavy (non-hydrogen) atoms. The van der Waals surface area contributed by atoms with E-state index in [0.29, 0.717) is 25.9 Å². The number of piperidine rings is 1. The number of nitrogens with one attached hydrogen (secondary N) is 1. The van der Waals surface area contributed by atoms with Gasteiger partial charge in [-0.15, -0.1) is 0 Å². The summed E-state index contributed by atoms with van der Waals surface area (Å²) in [7, 11) is 3.86. The van der Waals surface area contributed by atoms with Crippen molar-refractivity contribution in [1.29, 1.82) is 5.26 Å². The zero-order valence-corrected chi connectivity index (χ0v) is 14.4. The molecule has 0 aromatic heterocycles. The van der Waals surface area contributed by atoms with Gasteiger partial charge in [-0.1, -0.05) is 6.07 Å². The van der Waals surface area contributed by atoms with Gasteiger partial charge in [0.15, 0.2) is 0 Å². The molecule has 1 aromatic carbocycles. The zero-order valence-electron chi connectivity index (χ0n) is 14.4. The number of likely N-dealkylation sites (tertiary alicyclic amines) is 1. The predicted octanol–water partition coefficient (Wildman–Crippen LogP) is 1.90. The SMILES string of the molecule is CN(C)c1cccc(N/C=C(/C#N)C(=O)N2CCC(C(=O)O)CC2)c1. The van der Waals surface area contributed by atoms with Gasteiger partial charge >= 0.3 is 5.97 Å². The molecule has 1 fully saturated rings. The Morgan fingerprint density at radius 3 is 2.60 bits per heavy atom. The highest BCUT2D eigenvalue weighted by Gasteiger charge is 2.28. The number of benzene rings is 1. The molecule has 7 nitrogen and oxygen atoms in total. The molecule has 2 N–H and O–H groups in total. The predicted molar refractivity (Wildman–Crippen MR) is 95.0 cm³/mol. The second-order valence-electron chi connectivity index (χ2n) is 6.16. The van der Waals surface area contributed by atoms with Gasteiger partial charge in [-0.2, -0.15) is 5.26 Å². The Labute approximate surface area is 147 Å². The molecule has 0 radical (unpaired) electrons. The van der Waals surface area contributed by atoms with E-state index in [1.807, 2.05) is 49.3 Å². The summed E-state index contributed by atoms with van der Waals surface area (Å²) in [5.74, 6) is -1.61. The number of carbonyl (C=O) groups excluding carboxylic acids is 1. The molecule has 0 atom stereocenters. The number of rotatable bonds is 5. The van der Waals surface area contributed by atoms with Crippen LogP contribution in [0.2, 0.25) is 0 Å². The summed E-state index contributed by atoms with van der Waals surface area (Å²) in [6.45, 7) is 0.704. The van der Waals surface area contributed by atoms with Crippen molar-refractivity contribution in [3.63, 3.8) is 0 Å². The van der Waals surface area contributed by atoms with Crippen molar-refractivity contribution < 1.29 is 14.7 Å². The Bertz CT molecular complexity index is 713. The summed E-state index contributed by atoms with van der Waals surface area (Å²) < 4.78 is 0. The number of aliphatic carboxylic acids is 1. The van der Waals surface area contributed by atoms with Crippen LogP contribution >= 0.6 is 0 Å². The Morgan fingerprint density at radius 1 is 1.36 bits per heavy atom. The van der Waals surface area contributed by atoms with E-state index < -0.39 is 11.9 Å². The van der Waals surface area contributed by atoms with Crippen molar-refractivity contribution in [2.45, 2.75) is 12.8 Å². The molecule has 0 unspecified atom stereocenters. The van der Waals surface area contributed by atoms with Crippen molar-refractivity contribution in [1.82, 2.24) is 4.90 Å². The van der Waals surface area contributed by atoms with Crippen LogP contribution in [0, 0.1) is 17.2 Å². The molecule has 2 rings (SSSR count). The molecule has 0 saturated carbocycles. The van der Waals surface area contributed by atoms with Crippen LogP contribution in [0.1, 0.15) is 12.8 Å². The van der Waals surface area contributed by atoms with Crippen LogP contribution in [0.25, 0.3) is 0 Å². The summed E-state index contributed by atoms with van der Waals surface area (Å²) in [5, 5.41) is 21.3. The number of carbonyl (C=O) groups is 2. The molecular weight excluding hydrogens is 320 g/mol. The second kappa shape index (κ2) is 8.20. The minimum absolute atomic E-state index is 0.00373. The summed E-state index contributed by atoms with van der Waals surface area (Å²) in [5.41, 5.74) is 1.78. The molecule has 1 aromatic rings. The van der Waals surface area contributed by atoms with Crippen molar-refractivity contribution in [2.24, 2.45) is 5.92 Å². The number of nitrogens with zero attached hydrogens (tertiary/aromatic N) is 3. The number of carboxylic acid groups (broad SMARTS) is 1. The van der Waals surface area contributed by atoms with E-state index in [2.05, 4.69) is 5.32 Å². The number of anilines is 2. The van der Waals surface area contributed by atoms with Gasteiger partial charge in [-0.25, -0.2) is 0 Å². The summed E-state index contributed by atoms with van der Waals surface area (Å²) in [6, 6.07) is 9.52. The first-order valence-corrected chi connectivity index (χ1v) is 8.08. The van der Waals surface area contributed by atoms with Crippen LogP contribution in [0.15, 0.2) is 36.0 Å². The Morgan fingerprint density at radius 2 is 2.04 bits per heavy atom. The topological polar surface area (TPSA) is 96.7 Å². The van der Waals surface area contributed by atoms with E-state index in [1.165, 1.54) is 11.1 Å². The lowest BCUT2D eigenvalue weighted by atomic mass is 9.97. The Balaban J connectivity index is 2.03. The molecule has 0 spiro atoms. The molecule has 1 amide bonds. The van der Waals surface area contributed by atoms with Gasteiger partial charge in [-0.05, 0) is 31.0 Å². The average molecular weight is 342 g/mol. The van der Waals surface area contributed by atoms with Gasteiger partial charge < -0.3 is 20.2 Å². The molecule has 1 aliphatic rings. The Kier molecular flexibility index (Phi) is 6.01. The van der Waals surface area contributed by atoms with Crippen LogP contribution in [0.3, 0.4) is 0 Å². The van der Waals surface area contributed by atoms with E-state index >= 15 is 0 Å². The van der Waals surface area contributed by atoms with E-state index in [-0.39, 0.29) is 11.5 Å². The summed E-state index contributed by atoms with van der Waals surface area (Å²) >= 11 is 0. The van der Waals surface area contributed by atoms with Crippen molar-refractivity contribution in [3.05, 3.63) is 36.0 Å². The second-order valence-corrected chi connectivity index (χ2v) is 6.16. The van der Waals surface area contributed by atoms with Gasteiger partial charge in [0.25, 0.3) is 5.91 Å². The molecule has 1 saturated heterocycles. The number of hydrogen-bond donors (Lipinski definition) is 2. The van der Waals surface area contributed by atoms with Crippen LogP contribution in [-0.4, -0.2) is 49.1 Å². The maximum atomic E-state index is 12.4. The number of carboxylic acids is 1. The van der Waals surface area contributed by atoms with Crippen LogP contribution in [0.5, 0.6) is 0 Å². The first-order valence-electron chi connectivity index (χ1n) is 8.08. The molecule has 132 valence electrons. The smallest absolute Gasteiger partial charge is 0.306 e. The first kappa shape index (κ1) is 18.3. The molecule has 1 aliphatic heterocycles. The van der Waals surface area contributed by atoms with Gasteiger partial charge in [0.05, 0.1) is 5.92 Å². The largest absolute Gasteiger partial charge is 0.481 e. The number of amides is 1. The molecule has 1 heterocycles. The lowest BCUT2D eigenvalue weighted by molar-refractivity contribution is -0.145. The quantitative estimate of drug-likeness (QED) is 0.627. The van der Waals surface area contributed by atoms with Crippen molar-refractivity contribution in [3.8, 4) is 6.07 Å². The van der Waals surface area contributed by atoms with Gasteiger partial charge in [0.1, 0.15) is 11.6 Å². The highest BCUT2D eigenvalue weighted by molar-refractivity contribution is 5.97. The normalized spacial score (nSPS) is 15.4. The maximum absolute atomic E-state index is 12.4. The molecule has 0 bridgehead atoms. The number of hydrogen-bond acceptors (Lipinski definition) is 5. The van der Waals surface area contributed by atoms with Gasteiger partial charge in [0, 0.05) is 44.8 Å². The fourth-order valence-corrected chi connectivity index (χ4v) is 2.67. The van der Waals surface area contributed by atoms with E-state index in [0.717, 1.165) is 11.4 Å². The van der Waals surface area contributed by atoms with Crippen LogP contribution in [-0.2, 0) is 9.59 Å². The minimum Gasteiger partial charge on any atom is -0.481 e. The van der Waals surface area contributed by atoms with Crippen molar-refractivity contribution in [2.75, 3.05) is 37.4 Å². The molecular formula is C18H22N4O3. The van der Waals surface area contributed by atoms with E-state index in [1.54, 1.807) is 0 Å². The Hall–Kier alpha value is -3.01. The third-order valence-corrected chi connectivity index (χ3v) is 4.23. The average Bonchev–Trinajstić information content (AvgIpc) is 2.62. The number of nitriles is 1. The summed E-state index contributed by atoms with van der Waals surface area (Å²) in [6.07, 6.45) is 2.23. The third-order valence-electron chi connectivity index (χ3n) is 4.23. The van der Waals surface area contributed by atoms with Crippen LogP contribution in [0.4, 0.5) is 11.4 Å². The molecule has 7 heteroatoms. The third kappa shape index (κ3) is 4.73. The fourth-order valence-electron chi connectivity index (χ4n) is 2.67. The summed E-state index contributed by atoms with van der Waals surface area (Å²) in [4.78, 5) is 26.9. The zero-order chi connectivity index (χ0) is 18.4. The standard InChI is InChI=1S/C18H22N4O3/c1-21(2)16-5-3-4-15(10-16)20-12-14(11-19)17(23)22-8-6-13(7-9-22)18(24)25/h3-5,10,12-13,20H,6-9H2,1-2H3,(H,24,25)/b14-12-. The van der Waals surface area contributed by atoms with E-state index in [9.17, 15) is 14.9 Å². The minimum atomic E-state index is -0.828. The lowest BCUT2D eigenvalue weighted by Gasteiger charge is -2.29.